The zero-order chi connectivity index (χ0) is 14.5. The van der Waals surface area contributed by atoms with Gasteiger partial charge in [-0.05, 0) is 48.7 Å². The number of aromatic nitrogens is 1. The third-order valence-electron chi connectivity index (χ3n) is 3.39. The van der Waals surface area contributed by atoms with Gasteiger partial charge in [0.05, 0.1) is 0 Å². The summed E-state index contributed by atoms with van der Waals surface area (Å²) in [5.74, 6) is 0.587. The lowest BCUT2D eigenvalue weighted by atomic mass is 10.1. The van der Waals surface area contributed by atoms with Crippen LogP contribution in [-0.2, 0) is 6.42 Å². The maximum atomic E-state index is 12.9. The highest BCUT2D eigenvalue weighted by molar-refractivity contribution is 5.58. The first-order valence-corrected chi connectivity index (χ1v) is 6.80. The van der Waals surface area contributed by atoms with Crippen molar-refractivity contribution >= 4 is 11.5 Å². The SMILES string of the molecule is CCC(N)Cc1ccc(N(C)c2ccc(F)cc2)nc1. The number of anilines is 2. The Kier molecular flexibility index (Phi) is 4.69. The first kappa shape index (κ1) is 14.5. The van der Waals surface area contributed by atoms with Crippen molar-refractivity contribution in [1.82, 2.24) is 4.98 Å². The van der Waals surface area contributed by atoms with Crippen LogP contribution >= 0.6 is 0 Å². The molecule has 1 heterocycles. The van der Waals surface area contributed by atoms with Crippen molar-refractivity contribution in [2.24, 2.45) is 5.73 Å². The van der Waals surface area contributed by atoms with E-state index in [1.54, 1.807) is 12.1 Å². The number of hydrogen-bond donors (Lipinski definition) is 1. The van der Waals surface area contributed by atoms with E-state index in [2.05, 4.69) is 11.9 Å². The molecule has 1 aromatic heterocycles. The van der Waals surface area contributed by atoms with E-state index in [1.807, 2.05) is 30.3 Å². The molecule has 0 saturated carbocycles. The molecule has 2 aromatic rings. The van der Waals surface area contributed by atoms with Crippen LogP contribution in [-0.4, -0.2) is 18.1 Å². The summed E-state index contributed by atoms with van der Waals surface area (Å²) in [5.41, 5.74) is 7.97. The third-order valence-corrected chi connectivity index (χ3v) is 3.39. The van der Waals surface area contributed by atoms with Crippen LogP contribution in [0, 0.1) is 5.82 Å². The molecular weight excluding hydrogens is 253 g/mol. The van der Waals surface area contributed by atoms with E-state index in [-0.39, 0.29) is 11.9 Å². The second-order valence-electron chi connectivity index (χ2n) is 4.93. The predicted molar refractivity (Wildman–Crippen MR) is 80.7 cm³/mol. The average Bonchev–Trinajstić information content (AvgIpc) is 2.48. The summed E-state index contributed by atoms with van der Waals surface area (Å²) in [5, 5.41) is 0. The minimum absolute atomic E-state index is 0.178. The number of nitrogens with zero attached hydrogens (tertiary/aromatic N) is 2. The van der Waals surface area contributed by atoms with Gasteiger partial charge in [0.1, 0.15) is 11.6 Å². The number of halogens is 1. The molecule has 0 amide bonds. The Morgan fingerprint density at radius 2 is 1.90 bits per heavy atom. The quantitative estimate of drug-likeness (QED) is 0.909. The lowest BCUT2D eigenvalue weighted by Crippen LogP contribution is -2.21. The van der Waals surface area contributed by atoms with Crippen LogP contribution in [0.4, 0.5) is 15.9 Å². The van der Waals surface area contributed by atoms with Crippen LogP contribution < -0.4 is 10.6 Å². The predicted octanol–water partition coefficient (Wildman–Crippen LogP) is 3.27. The van der Waals surface area contributed by atoms with Gasteiger partial charge in [-0.1, -0.05) is 13.0 Å². The monoisotopic (exact) mass is 273 g/mol. The highest BCUT2D eigenvalue weighted by Gasteiger charge is 2.07. The van der Waals surface area contributed by atoms with Crippen molar-refractivity contribution in [1.29, 1.82) is 0 Å². The van der Waals surface area contributed by atoms with Crippen LogP contribution in [0.2, 0.25) is 0 Å². The summed E-state index contributed by atoms with van der Waals surface area (Å²) in [7, 11) is 1.91. The molecule has 0 aliphatic heterocycles. The molecule has 0 bridgehead atoms. The van der Waals surface area contributed by atoms with Gasteiger partial charge in [-0.25, -0.2) is 9.37 Å². The second-order valence-corrected chi connectivity index (χ2v) is 4.93. The highest BCUT2D eigenvalue weighted by Crippen LogP contribution is 2.21. The lowest BCUT2D eigenvalue weighted by Gasteiger charge is -2.18. The highest BCUT2D eigenvalue weighted by atomic mass is 19.1. The maximum Gasteiger partial charge on any atom is 0.132 e. The molecule has 1 atom stereocenters. The fourth-order valence-electron chi connectivity index (χ4n) is 1.98. The summed E-state index contributed by atoms with van der Waals surface area (Å²) in [6.45, 7) is 2.08. The van der Waals surface area contributed by atoms with Gasteiger partial charge in [0, 0.05) is 25.0 Å². The smallest absolute Gasteiger partial charge is 0.132 e. The number of nitrogens with two attached hydrogens (primary N) is 1. The van der Waals surface area contributed by atoms with Gasteiger partial charge in [-0.3, -0.25) is 0 Å². The molecule has 1 aromatic carbocycles. The molecule has 1 unspecified atom stereocenters. The zero-order valence-corrected chi connectivity index (χ0v) is 11.9. The van der Waals surface area contributed by atoms with Crippen LogP contribution in [0.3, 0.4) is 0 Å². The summed E-state index contributed by atoms with van der Waals surface area (Å²) in [6.07, 6.45) is 3.64. The van der Waals surface area contributed by atoms with E-state index >= 15 is 0 Å². The van der Waals surface area contributed by atoms with Crippen LogP contribution in [0.25, 0.3) is 0 Å². The summed E-state index contributed by atoms with van der Waals surface area (Å²) < 4.78 is 12.9. The average molecular weight is 273 g/mol. The molecule has 0 radical (unpaired) electrons. The molecule has 0 spiro atoms. The number of pyridine rings is 1. The minimum Gasteiger partial charge on any atom is -0.329 e. The Morgan fingerprint density at radius 1 is 1.20 bits per heavy atom. The number of hydrogen-bond acceptors (Lipinski definition) is 3. The molecule has 4 heteroatoms. The van der Waals surface area contributed by atoms with Gasteiger partial charge in [0.2, 0.25) is 0 Å². The maximum absolute atomic E-state index is 12.9. The molecule has 0 aliphatic rings. The first-order valence-electron chi connectivity index (χ1n) is 6.80. The van der Waals surface area contributed by atoms with Crippen LogP contribution in [0.5, 0.6) is 0 Å². The van der Waals surface area contributed by atoms with E-state index in [0.717, 1.165) is 29.9 Å². The normalized spacial score (nSPS) is 12.2. The zero-order valence-electron chi connectivity index (χ0n) is 11.9. The van der Waals surface area contributed by atoms with Crippen molar-refractivity contribution in [3.8, 4) is 0 Å². The first-order chi connectivity index (χ1) is 9.60. The third kappa shape index (κ3) is 3.54. The fraction of sp³-hybridized carbons (Fsp3) is 0.312. The summed E-state index contributed by atoms with van der Waals surface area (Å²) in [6, 6.07) is 10.5. The van der Waals surface area contributed by atoms with Crippen molar-refractivity contribution in [2.75, 3.05) is 11.9 Å². The van der Waals surface area contributed by atoms with E-state index in [0.29, 0.717) is 0 Å². The summed E-state index contributed by atoms with van der Waals surface area (Å²) in [4.78, 5) is 6.36. The van der Waals surface area contributed by atoms with Gasteiger partial charge in [0.25, 0.3) is 0 Å². The molecule has 3 nitrogen and oxygen atoms in total. The van der Waals surface area contributed by atoms with Crippen LogP contribution in [0.15, 0.2) is 42.6 Å². The Labute approximate surface area is 119 Å². The molecule has 0 aliphatic carbocycles. The van der Waals surface area contributed by atoms with Crippen molar-refractivity contribution in [3.05, 3.63) is 54.0 Å². The molecule has 2 N–H and O–H groups in total. The topological polar surface area (TPSA) is 42.1 Å². The molecule has 20 heavy (non-hydrogen) atoms. The Balaban J connectivity index is 2.11. The van der Waals surface area contributed by atoms with Crippen molar-refractivity contribution in [2.45, 2.75) is 25.8 Å². The standard InChI is InChI=1S/C16H20FN3/c1-3-14(18)10-12-4-9-16(19-11-12)20(2)15-7-5-13(17)6-8-15/h4-9,11,14H,3,10,18H2,1-2H3. The molecule has 2 rings (SSSR count). The number of rotatable bonds is 5. The van der Waals surface area contributed by atoms with E-state index < -0.39 is 0 Å². The number of benzene rings is 1. The Hall–Kier alpha value is -1.94. The van der Waals surface area contributed by atoms with Gasteiger partial charge in [-0.2, -0.15) is 0 Å². The fourth-order valence-corrected chi connectivity index (χ4v) is 1.98. The van der Waals surface area contributed by atoms with Gasteiger partial charge < -0.3 is 10.6 Å². The van der Waals surface area contributed by atoms with E-state index in [9.17, 15) is 4.39 Å². The lowest BCUT2D eigenvalue weighted by molar-refractivity contribution is 0.628. The van der Waals surface area contributed by atoms with E-state index in [1.165, 1.54) is 12.1 Å². The summed E-state index contributed by atoms with van der Waals surface area (Å²) >= 11 is 0. The van der Waals surface area contributed by atoms with E-state index in [4.69, 9.17) is 5.73 Å². The largest absolute Gasteiger partial charge is 0.329 e. The molecular formula is C16H20FN3. The van der Waals surface area contributed by atoms with Gasteiger partial charge >= 0.3 is 0 Å². The second kappa shape index (κ2) is 6.48. The molecule has 106 valence electrons. The molecule has 0 saturated heterocycles. The van der Waals surface area contributed by atoms with Crippen molar-refractivity contribution in [3.63, 3.8) is 0 Å². The van der Waals surface area contributed by atoms with Gasteiger partial charge in [-0.15, -0.1) is 0 Å². The Bertz CT molecular complexity index is 537. The van der Waals surface area contributed by atoms with Crippen LogP contribution in [0.1, 0.15) is 18.9 Å². The molecule has 0 fully saturated rings. The van der Waals surface area contributed by atoms with Crippen molar-refractivity contribution < 1.29 is 4.39 Å². The minimum atomic E-state index is -0.237. The van der Waals surface area contributed by atoms with Gasteiger partial charge in [0.15, 0.2) is 0 Å². The Morgan fingerprint density at radius 3 is 2.45 bits per heavy atom.